The van der Waals surface area contributed by atoms with Crippen LogP contribution in [0.1, 0.15) is 18.1 Å². The lowest BCUT2D eigenvalue weighted by Gasteiger charge is -2.32. The molecule has 1 N–H and O–H groups in total. The van der Waals surface area contributed by atoms with Gasteiger partial charge in [-0.2, -0.15) is 0 Å². The first-order valence-electron chi connectivity index (χ1n) is 8.43. The van der Waals surface area contributed by atoms with Gasteiger partial charge in [0.25, 0.3) is 5.69 Å². The highest BCUT2D eigenvalue weighted by Crippen LogP contribution is 2.29. The van der Waals surface area contributed by atoms with Crippen LogP contribution in [-0.4, -0.2) is 35.4 Å². The molecule has 1 unspecified atom stereocenters. The molecule has 2 aromatic carbocycles. The number of benzene rings is 2. The van der Waals surface area contributed by atoms with Crippen LogP contribution >= 0.6 is 0 Å². The van der Waals surface area contributed by atoms with Gasteiger partial charge in [0.05, 0.1) is 23.8 Å². The number of carbonyl (C=O) groups excluding carboxylic acids is 1. The van der Waals surface area contributed by atoms with Crippen molar-refractivity contribution in [2.75, 3.05) is 19.0 Å². The van der Waals surface area contributed by atoms with Gasteiger partial charge in [-0.05, 0) is 30.5 Å². The number of nitrogens with one attached hydrogen (secondary N) is 1. The van der Waals surface area contributed by atoms with Gasteiger partial charge in [-0.25, -0.2) is 0 Å². The molecular weight excluding hydrogens is 334 g/mol. The SMILES string of the molecule is COc1ccc([N+](=O)[O-])cc1NC(=O)C(C)N1CCc2ccccc2C1. The highest BCUT2D eigenvalue weighted by atomic mass is 16.6. The Morgan fingerprint density at radius 1 is 1.27 bits per heavy atom. The Balaban J connectivity index is 1.74. The van der Waals surface area contributed by atoms with Crippen LogP contribution < -0.4 is 10.1 Å². The monoisotopic (exact) mass is 355 g/mol. The molecule has 7 nitrogen and oxygen atoms in total. The molecule has 0 bridgehead atoms. The smallest absolute Gasteiger partial charge is 0.271 e. The zero-order valence-electron chi connectivity index (χ0n) is 14.8. The van der Waals surface area contributed by atoms with Crippen LogP contribution in [0.15, 0.2) is 42.5 Å². The lowest BCUT2D eigenvalue weighted by molar-refractivity contribution is -0.384. The molecule has 0 aromatic heterocycles. The van der Waals surface area contributed by atoms with Crippen LogP contribution in [0.2, 0.25) is 0 Å². The summed E-state index contributed by atoms with van der Waals surface area (Å²) in [7, 11) is 1.46. The number of fused-ring (bicyclic) bond motifs is 1. The molecule has 1 atom stereocenters. The average molecular weight is 355 g/mol. The molecule has 1 heterocycles. The number of methoxy groups -OCH3 is 1. The maximum absolute atomic E-state index is 12.7. The van der Waals surface area contributed by atoms with Crippen molar-refractivity contribution in [3.63, 3.8) is 0 Å². The standard InChI is InChI=1S/C19H21N3O4/c1-13(21-10-9-14-5-3-4-6-15(14)12-21)19(23)20-17-11-16(22(24)25)7-8-18(17)26-2/h3-8,11,13H,9-10,12H2,1-2H3,(H,20,23). The van der Waals surface area contributed by atoms with Crippen LogP contribution in [0.3, 0.4) is 0 Å². The van der Waals surface area contributed by atoms with E-state index in [1.54, 1.807) is 0 Å². The number of carbonyl (C=O) groups is 1. The number of ether oxygens (including phenoxy) is 1. The van der Waals surface area contributed by atoms with E-state index in [0.717, 1.165) is 13.0 Å². The molecule has 26 heavy (non-hydrogen) atoms. The van der Waals surface area contributed by atoms with Gasteiger partial charge in [0.1, 0.15) is 5.75 Å². The molecule has 0 saturated carbocycles. The summed E-state index contributed by atoms with van der Waals surface area (Å²) in [6.07, 6.45) is 0.897. The molecular formula is C19H21N3O4. The van der Waals surface area contributed by atoms with Gasteiger partial charge < -0.3 is 10.1 Å². The number of non-ortho nitro benzene ring substituents is 1. The highest BCUT2D eigenvalue weighted by Gasteiger charge is 2.26. The predicted molar refractivity (Wildman–Crippen MR) is 98.3 cm³/mol. The third-order valence-electron chi connectivity index (χ3n) is 4.74. The number of anilines is 1. The van der Waals surface area contributed by atoms with E-state index >= 15 is 0 Å². The van der Waals surface area contributed by atoms with Crippen LogP contribution in [0, 0.1) is 10.1 Å². The molecule has 0 spiro atoms. The molecule has 3 rings (SSSR count). The first-order chi connectivity index (χ1) is 12.5. The lowest BCUT2D eigenvalue weighted by atomic mass is 9.99. The molecule has 1 amide bonds. The van der Waals surface area contributed by atoms with E-state index in [4.69, 9.17) is 4.74 Å². The van der Waals surface area contributed by atoms with E-state index < -0.39 is 4.92 Å². The maximum Gasteiger partial charge on any atom is 0.271 e. The van der Waals surface area contributed by atoms with E-state index in [0.29, 0.717) is 18.0 Å². The molecule has 2 aromatic rings. The summed E-state index contributed by atoms with van der Waals surface area (Å²) < 4.78 is 5.20. The molecule has 136 valence electrons. The topological polar surface area (TPSA) is 84.7 Å². The zero-order chi connectivity index (χ0) is 18.7. The normalized spacial score (nSPS) is 15.0. The van der Waals surface area contributed by atoms with Crippen molar-refractivity contribution in [3.05, 3.63) is 63.7 Å². The third-order valence-corrected chi connectivity index (χ3v) is 4.74. The summed E-state index contributed by atoms with van der Waals surface area (Å²) in [5, 5.41) is 13.7. The third kappa shape index (κ3) is 3.67. The van der Waals surface area contributed by atoms with Gasteiger partial charge in [-0.3, -0.25) is 19.8 Å². The maximum atomic E-state index is 12.7. The summed E-state index contributed by atoms with van der Waals surface area (Å²) in [6, 6.07) is 12.0. The summed E-state index contributed by atoms with van der Waals surface area (Å²) >= 11 is 0. The fourth-order valence-electron chi connectivity index (χ4n) is 3.16. The quantitative estimate of drug-likeness (QED) is 0.658. The largest absolute Gasteiger partial charge is 0.495 e. The molecule has 0 fully saturated rings. The lowest BCUT2D eigenvalue weighted by Crippen LogP contribution is -2.44. The van der Waals surface area contributed by atoms with Gasteiger partial charge in [0.2, 0.25) is 5.91 Å². The fraction of sp³-hybridized carbons (Fsp3) is 0.316. The molecule has 1 aliphatic heterocycles. The van der Waals surface area contributed by atoms with Crippen molar-refractivity contribution in [1.29, 1.82) is 0 Å². The summed E-state index contributed by atoms with van der Waals surface area (Å²) in [4.78, 5) is 25.3. The number of nitro benzene ring substituents is 1. The van der Waals surface area contributed by atoms with Crippen molar-refractivity contribution in [2.24, 2.45) is 0 Å². The van der Waals surface area contributed by atoms with Gasteiger partial charge in [-0.15, -0.1) is 0 Å². The number of nitrogens with zero attached hydrogens (tertiary/aromatic N) is 2. The molecule has 0 aliphatic carbocycles. The molecule has 7 heteroatoms. The summed E-state index contributed by atoms with van der Waals surface area (Å²) in [5.74, 6) is 0.170. The van der Waals surface area contributed by atoms with Crippen LogP contribution in [0.5, 0.6) is 5.75 Å². The molecule has 0 saturated heterocycles. The second kappa shape index (κ2) is 7.53. The van der Waals surface area contributed by atoms with Crippen molar-refractivity contribution in [3.8, 4) is 5.75 Å². The fourth-order valence-corrected chi connectivity index (χ4v) is 3.16. The second-order valence-electron chi connectivity index (χ2n) is 6.30. The number of amides is 1. The summed E-state index contributed by atoms with van der Waals surface area (Å²) in [6.45, 7) is 3.33. The number of rotatable bonds is 5. The van der Waals surface area contributed by atoms with Crippen molar-refractivity contribution >= 4 is 17.3 Å². The summed E-state index contributed by atoms with van der Waals surface area (Å²) in [5.41, 5.74) is 2.75. The van der Waals surface area contributed by atoms with Crippen LogP contribution in [0.25, 0.3) is 0 Å². The molecule has 0 radical (unpaired) electrons. The average Bonchev–Trinajstić information content (AvgIpc) is 2.66. The first-order valence-corrected chi connectivity index (χ1v) is 8.43. The van der Waals surface area contributed by atoms with Crippen molar-refractivity contribution in [1.82, 2.24) is 4.90 Å². The highest BCUT2D eigenvalue weighted by molar-refractivity contribution is 5.96. The van der Waals surface area contributed by atoms with Crippen molar-refractivity contribution in [2.45, 2.75) is 25.9 Å². The minimum absolute atomic E-state index is 0.0966. The van der Waals surface area contributed by atoms with Gasteiger partial charge in [0.15, 0.2) is 0 Å². The Labute approximate surface area is 151 Å². The minimum Gasteiger partial charge on any atom is -0.495 e. The molecule has 1 aliphatic rings. The Morgan fingerprint density at radius 2 is 2.00 bits per heavy atom. The van der Waals surface area contributed by atoms with Gasteiger partial charge >= 0.3 is 0 Å². The minimum atomic E-state index is -0.500. The van der Waals surface area contributed by atoms with Crippen molar-refractivity contribution < 1.29 is 14.5 Å². The predicted octanol–water partition coefficient (Wildman–Crippen LogP) is 2.99. The first kappa shape index (κ1) is 17.9. The Hall–Kier alpha value is -2.93. The van der Waals surface area contributed by atoms with E-state index in [1.807, 2.05) is 19.1 Å². The van der Waals surface area contributed by atoms with E-state index in [9.17, 15) is 14.9 Å². The zero-order valence-corrected chi connectivity index (χ0v) is 14.8. The van der Waals surface area contributed by atoms with Crippen LogP contribution in [-0.2, 0) is 17.8 Å². The number of hydrogen-bond acceptors (Lipinski definition) is 5. The van der Waals surface area contributed by atoms with E-state index in [-0.39, 0.29) is 17.6 Å². The van der Waals surface area contributed by atoms with E-state index in [2.05, 4.69) is 22.3 Å². The van der Waals surface area contributed by atoms with Gasteiger partial charge in [0, 0.05) is 25.2 Å². The Kier molecular flexibility index (Phi) is 5.18. The number of nitro groups is 1. The second-order valence-corrected chi connectivity index (χ2v) is 6.30. The van der Waals surface area contributed by atoms with Crippen LogP contribution in [0.4, 0.5) is 11.4 Å². The Bertz CT molecular complexity index is 837. The number of hydrogen-bond donors (Lipinski definition) is 1. The van der Waals surface area contributed by atoms with Gasteiger partial charge in [-0.1, -0.05) is 24.3 Å². The Morgan fingerprint density at radius 3 is 2.69 bits per heavy atom. The van der Waals surface area contributed by atoms with E-state index in [1.165, 1.54) is 36.4 Å².